The molecular formula is C50H90NO8P. The van der Waals surface area contributed by atoms with Gasteiger partial charge in [0, 0.05) is 12.8 Å². The summed E-state index contributed by atoms with van der Waals surface area (Å²) in [4.78, 5) is 37.6. The first kappa shape index (κ1) is 57.7. The van der Waals surface area contributed by atoms with Crippen LogP contribution in [-0.4, -0.2) is 70.0 Å². The molecule has 348 valence electrons. The van der Waals surface area contributed by atoms with E-state index in [0.29, 0.717) is 23.9 Å². The number of unbranched alkanes of at least 4 members (excludes halogenated alkanes) is 19. The SMILES string of the molecule is CCCCC/C=C/C/C=C/C/C=C/C/C=C/CCCCCC(=O)OC[C@H](COP(=O)([O-])OCC[N+](C)(C)C)OC(=O)CCCCCCCCC/C=C/CCCCCCCC. The number of hydrogen-bond acceptors (Lipinski definition) is 8. The molecule has 0 spiro atoms. The molecule has 0 aromatic heterocycles. The third kappa shape index (κ3) is 45.2. The van der Waals surface area contributed by atoms with E-state index < -0.39 is 32.5 Å². The Morgan fingerprint density at radius 1 is 0.517 bits per heavy atom. The lowest BCUT2D eigenvalue weighted by molar-refractivity contribution is -0.870. The van der Waals surface area contributed by atoms with Crippen molar-refractivity contribution in [2.75, 3.05) is 47.5 Å². The van der Waals surface area contributed by atoms with Gasteiger partial charge in [0.25, 0.3) is 7.82 Å². The monoisotopic (exact) mass is 864 g/mol. The molecule has 0 fully saturated rings. The van der Waals surface area contributed by atoms with Crippen molar-refractivity contribution in [3.05, 3.63) is 60.8 Å². The van der Waals surface area contributed by atoms with Crippen LogP contribution < -0.4 is 4.89 Å². The van der Waals surface area contributed by atoms with E-state index >= 15 is 0 Å². The van der Waals surface area contributed by atoms with E-state index in [0.717, 1.165) is 64.2 Å². The second-order valence-electron chi connectivity index (χ2n) is 17.1. The second kappa shape index (κ2) is 42.0. The van der Waals surface area contributed by atoms with Gasteiger partial charge in [-0.25, -0.2) is 0 Å². The number of phosphoric ester groups is 1. The molecule has 10 heteroatoms. The number of esters is 2. The molecular weight excluding hydrogens is 774 g/mol. The van der Waals surface area contributed by atoms with Crippen LogP contribution in [0.1, 0.15) is 194 Å². The molecule has 0 aliphatic rings. The number of carbonyl (C=O) groups excluding carboxylic acids is 2. The van der Waals surface area contributed by atoms with Crippen LogP contribution in [0.3, 0.4) is 0 Å². The van der Waals surface area contributed by atoms with Gasteiger partial charge >= 0.3 is 11.9 Å². The first-order valence-corrected chi connectivity index (χ1v) is 25.5. The summed E-state index contributed by atoms with van der Waals surface area (Å²) in [6, 6.07) is 0. The summed E-state index contributed by atoms with van der Waals surface area (Å²) < 4.78 is 33.9. The molecule has 0 aromatic carbocycles. The largest absolute Gasteiger partial charge is 0.756 e. The van der Waals surface area contributed by atoms with E-state index in [-0.39, 0.29) is 26.1 Å². The average Bonchev–Trinajstić information content (AvgIpc) is 3.20. The van der Waals surface area contributed by atoms with Crippen molar-refractivity contribution in [3.8, 4) is 0 Å². The number of rotatable bonds is 43. The molecule has 0 aliphatic carbocycles. The molecule has 2 atom stereocenters. The van der Waals surface area contributed by atoms with Gasteiger partial charge in [0.1, 0.15) is 19.8 Å². The van der Waals surface area contributed by atoms with Gasteiger partial charge in [0.2, 0.25) is 0 Å². The zero-order chi connectivity index (χ0) is 44.3. The molecule has 0 rings (SSSR count). The Labute approximate surface area is 368 Å². The first-order valence-electron chi connectivity index (χ1n) is 24.0. The van der Waals surface area contributed by atoms with Crippen LogP contribution in [0.15, 0.2) is 60.8 Å². The predicted molar refractivity (Wildman–Crippen MR) is 250 cm³/mol. The average molecular weight is 864 g/mol. The zero-order valence-corrected chi connectivity index (χ0v) is 40.0. The summed E-state index contributed by atoms with van der Waals surface area (Å²) in [5.74, 6) is -0.876. The van der Waals surface area contributed by atoms with E-state index in [9.17, 15) is 19.0 Å². The maximum absolute atomic E-state index is 12.7. The maximum Gasteiger partial charge on any atom is 0.306 e. The van der Waals surface area contributed by atoms with Gasteiger partial charge in [0.05, 0.1) is 27.7 Å². The van der Waals surface area contributed by atoms with Gasteiger partial charge in [-0.1, -0.05) is 158 Å². The number of carbonyl (C=O) groups is 2. The lowest BCUT2D eigenvalue weighted by atomic mass is 10.1. The standard InChI is InChI=1S/C50H90NO8P/c1-6-8-10-12-14-16-18-20-22-24-25-27-28-30-32-34-36-38-40-42-49(52)56-46-48(47-58-60(54,55)57-45-44-51(3,4)5)59-50(53)43-41-39-37-35-33-31-29-26-23-21-19-17-15-13-11-9-7-2/h14,16,20-23,25,27,30,32,48H,6-13,15,17-19,24,26,28-29,31,33-47H2,1-5H3/b16-14+,22-20+,23-21+,27-25+,32-30+/t48-/m1/s1. The highest BCUT2D eigenvalue weighted by atomic mass is 31.2. The molecule has 0 radical (unpaired) electrons. The van der Waals surface area contributed by atoms with Crippen molar-refractivity contribution in [1.82, 2.24) is 0 Å². The highest BCUT2D eigenvalue weighted by molar-refractivity contribution is 7.45. The second-order valence-corrected chi connectivity index (χ2v) is 18.5. The van der Waals surface area contributed by atoms with Crippen LogP contribution >= 0.6 is 7.82 Å². The molecule has 0 saturated heterocycles. The molecule has 0 bridgehead atoms. The highest BCUT2D eigenvalue weighted by Gasteiger charge is 2.21. The minimum atomic E-state index is -4.64. The molecule has 0 saturated carbocycles. The molecule has 0 aromatic rings. The smallest absolute Gasteiger partial charge is 0.306 e. The normalized spacial score (nSPS) is 14.0. The maximum atomic E-state index is 12.7. The lowest BCUT2D eigenvalue weighted by Gasteiger charge is -2.28. The number of phosphoric acid groups is 1. The summed E-state index contributed by atoms with van der Waals surface area (Å²) in [7, 11) is 1.14. The highest BCUT2D eigenvalue weighted by Crippen LogP contribution is 2.38. The van der Waals surface area contributed by atoms with Crippen LogP contribution in [0.4, 0.5) is 0 Å². The van der Waals surface area contributed by atoms with Gasteiger partial charge in [-0.05, 0) is 83.5 Å². The summed E-state index contributed by atoms with van der Waals surface area (Å²) in [6.45, 7) is 4.15. The summed E-state index contributed by atoms with van der Waals surface area (Å²) in [5.41, 5.74) is 0. The van der Waals surface area contributed by atoms with Gasteiger partial charge in [-0.15, -0.1) is 0 Å². The van der Waals surface area contributed by atoms with Gasteiger partial charge in [0.15, 0.2) is 6.10 Å². The Morgan fingerprint density at radius 3 is 1.40 bits per heavy atom. The Kier molecular flexibility index (Phi) is 40.4. The number of allylic oxidation sites excluding steroid dienone is 10. The van der Waals surface area contributed by atoms with E-state index in [4.69, 9.17) is 18.5 Å². The zero-order valence-electron chi connectivity index (χ0n) is 39.1. The third-order valence-electron chi connectivity index (χ3n) is 10.0. The Balaban J connectivity index is 4.38. The van der Waals surface area contributed by atoms with E-state index in [1.807, 2.05) is 21.1 Å². The minimum Gasteiger partial charge on any atom is -0.756 e. The van der Waals surface area contributed by atoms with Crippen LogP contribution in [0.25, 0.3) is 0 Å². The molecule has 1 unspecified atom stereocenters. The fourth-order valence-corrected chi connectivity index (χ4v) is 6.95. The van der Waals surface area contributed by atoms with Crippen LogP contribution in [-0.2, 0) is 32.7 Å². The molecule has 60 heavy (non-hydrogen) atoms. The van der Waals surface area contributed by atoms with E-state index in [2.05, 4.69) is 74.6 Å². The van der Waals surface area contributed by atoms with Gasteiger partial charge in [-0.3, -0.25) is 14.2 Å². The van der Waals surface area contributed by atoms with E-state index in [1.54, 1.807) is 0 Å². The van der Waals surface area contributed by atoms with Crippen molar-refractivity contribution in [1.29, 1.82) is 0 Å². The fourth-order valence-electron chi connectivity index (χ4n) is 6.22. The predicted octanol–water partition coefficient (Wildman–Crippen LogP) is 13.4. The number of likely N-dealkylation sites (N-methyl/N-ethyl adjacent to an activating group) is 1. The number of ether oxygens (including phenoxy) is 2. The molecule has 0 aliphatic heterocycles. The third-order valence-corrected chi connectivity index (χ3v) is 11.0. The minimum absolute atomic E-state index is 0.0392. The van der Waals surface area contributed by atoms with Crippen LogP contribution in [0, 0.1) is 0 Å². The van der Waals surface area contributed by atoms with Crippen molar-refractivity contribution in [3.63, 3.8) is 0 Å². The van der Waals surface area contributed by atoms with Crippen molar-refractivity contribution in [2.45, 2.75) is 200 Å². The van der Waals surface area contributed by atoms with Crippen molar-refractivity contribution < 1.29 is 42.1 Å². The number of hydrogen-bond donors (Lipinski definition) is 0. The number of quaternary nitrogens is 1. The summed E-state index contributed by atoms with van der Waals surface area (Å²) in [6.07, 6.45) is 51.0. The number of nitrogens with zero attached hydrogens (tertiary/aromatic N) is 1. The molecule has 9 nitrogen and oxygen atoms in total. The summed E-state index contributed by atoms with van der Waals surface area (Å²) >= 11 is 0. The Morgan fingerprint density at radius 2 is 0.900 bits per heavy atom. The van der Waals surface area contributed by atoms with Gasteiger partial charge in [-0.2, -0.15) is 0 Å². The molecule has 0 heterocycles. The quantitative estimate of drug-likeness (QED) is 0.0196. The first-order chi connectivity index (χ1) is 29.0. The van der Waals surface area contributed by atoms with Crippen molar-refractivity contribution >= 4 is 19.8 Å². The lowest BCUT2D eigenvalue weighted by Crippen LogP contribution is -2.37. The molecule has 0 amide bonds. The topological polar surface area (TPSA) is 111 Å². The Hall–Kier alpha value is -2.29. The Bertz CT molecular complexity index is 1210. The fraction of sp³-hybridized carbons (Fsp3) is 0.760. The van der Waals surface area contributed by atoms with Crippen LogP contribution in [0.2, 0.25) is 0 Å². The molecule has 0 N–H and O–H groups in total. The van der Waals surface area contributed by atoms with Gasteiger partial charge < -0.3 is 27.9 Å². The van der Waals surface area contributed by atoms with Crippen molar-refractivity contribution in [2.24, 2.45) is 0 Å². The van der Waals surface area contributed by atoms with E-state index in [1.165, 1.54) is 89.9 Å². The summed E-state index contributed by atoms with van der Waals surface area (Å²) in [5, 5.41) is 0. The van der Waals surface area contributed by atoms with Crippen LogP contribution in [0.5, 0.6) is 0 Å².